The minimum Gasteiger partial charge on any atom is -0.497 e. The number of nitrogens with one attached hydrogen (secondary N) is 1. The van der Waals surface area contributed by atoms with Gasteiger partial charge < -0.3 is 10.1 Å². The topological polar surface area (TPSA) is 44.8 Å². The van der Waals surface area contributed by atoms with Crippen LogP contribution in [0.5, 0.6) is 5.75 Å². The molecule has 2 aromatic rings. The molecule has 0 saturated carbocycles. The molecule has 0 spiro atoms. The Bertz CT molecular complexity index is 819. The number of amides is 1. The summed E-state index contributed by atoms with van der Waals surface area (Å²) in [5, 5.41) is 3.49. The molecule has 1 aliphatic rings. The Kier molecular flexibility index (Phi) is 8.08. The summed E-state index contributed by atoms with van der Waals surface area (Å²) in [4.78, 5) is 16.9. The van der Waals surface area contributed by atoms with Gasteiger partial charge in [0, 0.05) is 49.9 Å². The highest BCUT2D eigenvalue weighted by molar-refractivity contribution is 6.31. The molecule has 30 heavy (non-hydrogen) atoms. The van der Waals surface area contributed by atoms with Gasteiger partial charge in [-0.3, -0.25) is 14.6 Å². The van der Waals surface area contributed by atoms with Crippen molar-refractivity contribution >= 4 is 17.5 Å². The van der Waals surface area contributed by atoms with Crippen LogP contribution in [0.4, 0.5) is 4.39 Å². The van der Waals surface area contributed by atoms with Crippen molar-refractivity contribution in [2.75, 3.05) is 39.8 Å². The third-order valence-corrected chi connectivity index (χ3v) is 6.00. The van der Waals surface area contributed by atoms with Crippen molar-refractivity contribution < 1.29 is 13.9 Å². The number of carbonyl (C=O) groups is 1. The molecule has 0 aliphatic carbocycles. The number of ether oxygens (including phenoxy) is 1. The fourth-order valence-electron chi connectivity index (χ4n) is 3.65. The van der Waals surface area contributed by atoms with Crippen LogP contribution in [-0.4, -0.2) is 61.6 Å². The van der Waals surface area contributed by atoms with Crippen molar-refractivity contribution in [1.29, 1.82) is 0 Å². The Morgan fingerprint density at radius 3 is 2.50 bits per heavy atom. The molecule has 1 amide bonds. The molecule has 1 N–H and O–H groups in total. The number of piperazine rings is 1. The van der Waals surface area contributed by atoms with Crippen LogP contribution < -0.4 is 10.1 Å². The van der Waals surface area contributed by atoms with Gasteiger partial charge in [0.15, 0.2) is 0 Å². The van der Waals surface area contributed by atoms with E-state index in [0.717, 1.165) is 43.9 Å². The van der Waals surface area contributed by atoms with Crippen molar-refractivity contribution in [2.45, 2.75) is 25.9 Å². The number of halogens is 2. The second-order valence-electron chi connectivity index (χ2n) is 7.58. The van der Waals surface area contributed by atoms with E-state index in [4.69, 9.17) is 16.3 Å². The normalized spacial score (nSPS) is 16.3. The minimum atomic E-state index is -0.269. The van der Waals surface area contributed by atoms with Gasteiger partial charge in [-0.15, -0.1) is 0 Å². The fourth-order valence-corrected chi connectivity index (χ4v) is 3.87. The number of hydrogen-bond acceptors (Lipinski definition) is 4. The van der Waals surface area contributed by atoms with Crippen molar-refractivity contribution in [2.24, 2.45) is 0 Å². The molecule has 1 aliphatic heterocycles. The molecule has 0 bridgehead atoms. The summed E-state index contributed by atoms with van der Waals surface area (Å²) < 4.78 is 19.2. The van der Waals surface area contributed by atoms with Gasteiger partial charge in [0.05, 0.1) is 13.2 Å². The Hall–Kier alpha value is -2.15. The fraction of sp³-hybridized carbons (Fsp3) is 0.435. The predicted molar refractivity (Wildman–Crippen MR) is 117 cm³/mol. The first kappa shape index (κ1) is 22.5. The zero-order chi connectivity index (χ0) is 21.5. The predicted octanol–water partition coefficient (Wildman–Crippen LogP) is 3.35. The molecule has 1 heterocycles. The lowest BCUT2D eigenvalue weighted by Crippen LogP contribution is -2.53. The summed E-state index contributed by atoms with van der Waals surface area (Å²) in [6, 6.07) is 12.4. The van der Waals surface area contributed by atoms with E-state index in [1.165, 1.54) is 6.07 Å². The third kappa shape index (κ3) is 5.94. The van der Waals surface area contributed by atoms with E-state index >= 15 is 0 Å². The van der Waals surface area contributed by atoms with Gasteiger partial charge in [0.1, 0.15) is 11.6 Å². The molecule has 1 fully saturated rings. The largest absolute Gasteiger partial charge is 0.497 e. The molecule has 0 aromatic heterocycles. The first-order valence-electron chi connectivity index (χ1n) is 10.3. The summed E-state index contributed by atoms with van der Waals surface area (Å²) in [6.45, 7) is 6.09. The van der Waals surface area contributed by atoms with E-state index in [9.17, 15) is 9.18 Å². The molecule has 1 saturated heterocycles. The lowest BCUT2D eigenvalue weighted by Gasteiger charge is -2.37. The summed E-state index contributed by atoms with van der Waals surface area (Å²) in [6.07, 6.45) is 0.777. The van der Waals surface area contributed by atoms with Crippen LogP contribution >= 0.6 is 11.6 Å². The van der Waals surface area contributed by atoms with Gasteiger partial charge in [0.2, 0.25) is 5.91 Å². The first-order chi connectivity index (χ1) is 14.5. The molecule has 0 radical (unpaired) electrons. The van der Waals surface area contributed by atoms with Crippen LogP contribution in [0.15, 0.2) is 42.5 Å². The van der Waals surface area contributed by atoms with Crippen LogP contribution in [0.2, 0.25) is 5.02 Å². The number of rotatable bonds is 8. The monoisotopic (exact) mass is 433 g/mol. The lowest BCUT2D eigenvalue weighted by molar-refractivity contribution is -0.126. The van der Waals surface area contributed by atoms with Crippen molar-refractivity contribution in [3.05, 3.63) is 64.4 Å². The molecule has 1 atom stereocenters. The van der Waals surface area contributed by atoms with Crippen LogP contribution in [0.25, 0.3) is 0 Å². The maximum Gasteiger partial charge on any atom is 0.237 e. The van der Waals surface area contributed by atoms with Gasteiger partial charge in [0.25, 0.3) is 0 Å². The number of carbonyl (C=O) groups excluding carboxylic acids is 1. The maximum atomic E-state index is 14.0. The molecule has 3 rings (SSSR count). The van der Waals surface area contributed by atoms with Crippen molar-refractivity contribution in [3.8, 4) is 5.75 Å². The van der Waals surface area contributed by atoms with E-state index in [-0.39, 0.29) is 17.8 Å². The summed E-state index contributed by atoms with van der Waals surface area (Å²) in [5.74, 6) is 0.594. The van der Waals surface area contributed by atoms with Crippen LogP contribution in [0, 0.1) is 5.82 Å². The second-order valence-corrected chi connectivity index (χ2v) is 7.98. The number of methoxy groups -OCH3 is 1. The van der Waals surface area contributed by atoms with Crippen molar-refractivity contribution in [3.63, 3.8) is 0 Å². The Balaban J connectivity index is 1.41. The first-order valence-corrected chi connectivity index (χ1v) is 10.7. The zero-order valence-corrected chi connectivity index (χ0v) is 18.3. The summed E-state index contributed by atoms with van der Waals surface area (Å²) >= 11 is 6.14. The highest BCUT2D eigenvalue weighted by Crippen LogP contribution is 2.21. The molecule has 162 valence electrons. The third-order valence-electron chi connectivity index (χ3n) is 5.65. The molecule has 2 aromatic carbocycles. The molecule has 5 nitrogen and oxygen atoms in total. The van der Waals surface area contributed by atoms with Gasteiger partial charge in [-0.1, -0.05) is 29.8 Å². The van der Waals surface area contributed by atoms with Gasteiger partial charge in [-0.05, 0) is 43.2 Å². The Morgan fingerprint density at radius 1 is 1.17 bits per heavy atom. The van der Waals surface area contributed by atoms with E-state index < -0.39 is 0 Å². The lowest BCUT2D eigenvalue weighted by atomic mass is 10.1. The van der Waals surface area contributed by atoms with E-state index in [2.05, 4.69) is 15.1 Å². The van der Waals surface area contributed by atoms with Gasteiger partial charge in [-0.25, -0.2) is 4.39 Å². The highest BCUT2D eigenvalue weighted by Gasteiger charge is 2.26. The average Bonchev–Trinajstić information content (AvgIpc) is 2.76. The molecular weight excluding hydrogens is 405 g/mol. The van der Waals surface area contributed by atoms with Gasteiger partial charge >= 0.3 is 0 Å². The zero-order valence-electron chi connectivity index (χ0n) is 17.5. The standard InChI is InChI=1S/C23H29ClFN3O2/c1-17(23(29)26-11-10-18-6-8-19(30-2)9-7-18)28-14-12-27(13-15-28)16-20-21(24)4-3-5-22(20)25/h3-9,17H,10-16H2,1-2H3,(H,26,29). The number of benzene rings is 2. The Labute approximate surface area is 182 Å². The van der Waals surface area contributed by atoms with Crippen molar-refractivity contribution in [1.82, 2.24) is 15.1 Å². The SMILES string of the molecule is COc1ccc(CCNC(=O)C(C)N2CCN(Cc3c(F)cccc3Cl)CC2)cc1. The number of nitrogens with zero attached hydrogens (tertiary/aromatic N) is 2. The maximum absolute atomic E-state index is 14.0. The van der Waals surface area contributed by atoms with Gasteiger partial charge in [-0.2, -0.15) is 0 Å². The Morgan fingerprint density at radius 2 is 1.87 bits per heavy atom. The van der Waals surface area contributed by atoms with Crippen LogP contribution in [-0.2, 0) is 17.8 Å². The summed E-state index contributed by atoms with van der Waals surface area (Å²) in [7, 11) is 1.64. The van der Waals surface area contributed by atoms with E-state index in [1.807, 2.05) is 31.2 Å². The molecular formula is C23H29ClFN3O2. The van der Waals surface area contributed by atoms with Crippen LogP contribution in [0.1, 0.15) is 18.1 Å². The van der Waals surface area contributed by atoms with E-state index in [1.54, 1.807) is 19.2 Å². The smallest absolute Gasteiger partial charge is 0.237 e. The highest BCUT2D eigenvalue weighted by atomic mass is 35.5. The van der Waals surface area contributed by atoms with E-state index in [0.29, 0.717) is 23.7 Å². The second kappa shape index (κ2) is 10.8. The average molecular weight is 434 g/mol. The minimum absolute atomic E-state index is 0.0362. The summed E-state index contributed by atoms with van der Waals surface area (Å²) in [5.41, 5.74) is 1.70. The number of hydrogen-bond donors (Lipinski definition) is 1. The molecule has 7 heteroatoms. The van der Waals surface area contributed by atoms with Crippen LogP contribution in [0.3, 0.4) is 0 Å². The quantitative estimate of drug-likeness (QED) is 0.693. The molecule has 1 unspecified atom stereocenters.